The normalized spacial score (nSPS) is 27.9. The Morgan fingerprint density at radius 1 is 1.45 bits per heavy atom. The van der Waals surface area contributed by atoms with E-state index in [4.69, 9.17) is 10.5 Å². The van der Waals surface area contributed by atoms with Crippen LogP contribution in [0.4, 0.5) is 14.5 Å². The molecule has 2 heterocycles. The molecule has 0 bridgehead atoms. The van der Waals surface area contributed by atoms with Gasteiger partial charge < -0.3 is 21.1 Å². The van der Waals surface area contributed by atoms with Crippen molar-refractivity contribution in [1.82, 2.24) is 5.32 Å². The van der Waals surface area contributed by atoms with Gasteiger partial charge in [0.2, 0.25) is 11.5 Å². The van der Waals surface area contributed by atoms with E-state index in [2.05, 4.69) is 10.6 Å². The van der Waals surface area contributed by atoms with Crippen LogP contribution in [-0.2, 0) is 9.59 Å². The summed E-state index contributed by atoms with van der Waals surface area (Å²) >= 11 is 0. The van der Waals surface area contributed by atoms with Crippen molar-refractivity contribution >= 4 is 17.5 Å². The van der Waals surface area contributed by atoms with Crippen molar-refractivity contribution in [2.24, 2.45) is 5.73 Å². The van der Waals surface area contributed by atoms with Crippen LogP contribution in [0.5, 0.6) is 5.75 Å². The van der Waals surface area contributed by atoms with Crippen LogP contribution in [0.15, 0.2) is 12.1 Å². The highest BCUT2D eigenvalue weighted by molar-refractivity contribution is 6.02. The Balaban J connectivity index is 1.97. The highest BCUT2D eigenvalue weighted by Gasteiger charge is 2.52. The van der Waals surface area contributed by atoms with Crippen molar-refractivity contribution in [1.29, 1.82) is 0 Å². The standard InChI is InChI=1S/C12H11F2N3O3/c13-5-1-6(14)9-8(2-5)20-12(11(19)17-9)3-7(10(15)18)16-4-12/h1-2,7,16H,3-4H2,(H2,15,18)(H,17,19). The van der Waals surface area contributed by atoms with Gasteiger partial charge in [-0.2, -0.15) is 0 Å². The molecule has 1 aromatic rings. The molecule has 3 rings (SSSR count). The number of hydrogen-bond acceptors (Lipinski definition) is 4. The number of nitrogens with one attached hydrogen (secondary N) is 2. The fourth-order valence-corrected chi connectivity index (χ4v) is 2.45. The number of halogens is 2. The third-order valence-corrected chi connectivity index (χ3v) is 3.49. The Labute approximate surface area is 112 Å². The maximum atomic E-state index is 13.6. The molecule has 20 heavy (non-hydrogen) atoms. The molecule has 2 amide bonds. The predicted molar refractivity (Wildman–Crippen MR) is 63.9 cm³/mol. The lowest BCUT2D eigenvalue weighted by molar-refractivity contribution is -0.131. The van der Waals surface area contributed by atoms with Gasteiger partial charge >= 0.3 is 0 Å². The topological polar surface area (TPSA) is 93.5 Å². The van der Waals surface area contributed by atoms with Gasteiger partial charge in [-0.1, -0.05) is 0 Å². The third kappa shape index (κ3) is 1.80. The highest BCUT2D eigenvalue weighted by atomic mass is 19.1. The minimum absolute atomic E-state index is 0.00569. The summed E-state index contributed by atoms with van der Waals surface area (Å²) in [5.74, 6) is -3.04. The van der Waals surface area contributed by atoms with E-state index >= 15 is 0 Å². The van der Waals surface area contributed by atoms with Crippen molar-refractivity contribution in [3.63, 3.8) is 0 Å². The largest absolute Gasteiger partial charge is 0.474 e. The molecule has 1 fully saturated rings. The van der Waals surface area contributed by atoms with E-state index in [0.29, 0.717) is 6.07 Å². The van der Waals surface area contributed by atoms with E-state index in [1.807, 2.05) is 0 Å². The fraction of sp³-hybridized carbons (Fsp3) is 0.333. The number of rotatable bonds is 1. The Morgan fingerprint density at radius 3 is 2.85 bits per heavy atom. The second-order valence-corrected chi connectivity index (χ2v) is 4.85. The van der Waals surface area contributed by atoms with E-state index in [1.165, 1.54) is 0 Å². The summed E-state index contributed by atoms with van der Waals surface area (Å²) in [5, 5.41) is 5.11. The number of primary amides is 1. The molecule has 2 aliphatic rings. The van der Waals surface area contributed by atoms with Crippen LogP contribution in [-0.4, -0.2) is 30.0 Å². The van der Waals surface area contributed by atoms with Gasteiger partial charge in [0.25, 0.3) is 5.91 Å². The Bertz CT molecular complexity index is 622. The Kier molecular flexibility index (Phi) is 2.65. The average molecular weight is 283 g/mol. The van der Waals surface area contributed by atoms with Gasteiger partial charge in [-0.25, -0.2) is 8.78 Å². The first kappa shape index (κ1) is 12.8. The lowest BCUT2D eigenvalue weighted by Crippen LogP contribution is -2.52. The molecular formula is C12H11F2N3O3. The molecule has 0 aliphatic carbocycles. The summed E-state index contributed by atoms with van der Waals surface area (Å²) < 4.78 is 32.2. The van der Waals surface area contributed by atoms with E-state index < -0.39 is 35.1 Å². The van der Waals surface area contributed by atoms with Gasteiger partial charge in [0.15, 0.2) is 11.6 Å². The maximum Gasteiger partial charge on any atom is 0.270 e. The molecule has 6 nitrogen and oxygen atoms in total. The van der Waals surface area contributed by atoms with Crippen molar-refractivity contribution in [2.75, 3.05) is 11.9 Å². The molecule has 2 atom stereocenters. The first-order chi connectivity index (χ1) is 9.41. The number of benzene rings is 1. The number of amides is 2. The first-order valence-corrected chi connectivity index (χ1v) is 5.93. The third-order valence-electron chi connectivity index (χ3n) is 3.49. The zero-order chi connectivity index (χ0) is 14.5. The van der Waals surface area contributed by atoms with Crippen LogP contribution in [0.1, 0.15) is 6.42 Å². The SMILES string of the molecule is NC(=O)C1CC2(CN1)Oc1cc(F)cc(F)c1NC2=O. The minimum Gasteiger partial charge on any atom is -0.474 e. The molecule has 8 heteroatoms. The molecule has 1 aromatic carbocycles. The number of nitrogens with two attached hydrogens (primary N) is 1. The zero-order valence-corrected chi connectivity index (χ0v) is 10.2. The number of hydrogen-bond donors (Lipinski definition) is 3. The molecule has 2 aliphatic heterocycles. The zero-order valence-electron chi connectivity index (χ0n) is 10.2. The Hall–Kier alpha value is -2.22. The minimum atomic E-state index is -1.38. The number of carbonyl (C=O) groups is 2. The fourth-order valence-electron chi connectivity index (χ4n) is 2.45. The van der Waals surface area contributed by atoms with Gasteiger partial charge in [-0.3, -0.25) is 9.59 Å². The van der Waals surface area contributed by atoms with Gasteiger partial charge in [-0.15, -0.1) is 0 Å². The number of carbonyl (C=O) groups excluding carboxylic acids is 2. The molecule has 1 spiro atoms. The lowest BCUT2D eigenvalue weighted by Gasteiger charge is -2.33. The second-order valence-electron chi connectivity index (χ2n) is 4.85. The summed E-state index contributed by atoms with van der Waals surface area (Å²) in [6, 6.07) is 0.914. The molecule has 2 unspecified atom stereocenters. The van der Waals surface area contributed by atoms with E-state index in [1.54, 1.807) is 0 Å². The Morgan fingerprint density at radius 2 is 2.20 bits per heavy atom. The van der Waals surface area contributed by atoms with Crippen LogP contribution in [0.3, 0.4) is 0 Å². The van der Waals surface area contributed by atoms with Crippen LogP contribution >= 0.6 is 0 Å². The van der Waals surface area contributed by atoms with Gasteiger partial charge in [0.1, 0.15) is 11.5 Å². The van der Waals surface area contributed by atoms with E-state index in [9.17, 15) is 18.4 Å². The van der Waals surface area contributed by atoms with E-state index in [-0.39, 0.29) is 24.4 Å². The molecule has 0 radical (unpaired) electrons. The molecule has 0 saturated carbocycles. The molecule has 106 valence electrons. The molecular weight excluding hydrogens is 272 g/mol. The predicted octanol–water partition coefficient (Wildman–Crippen LogP) is -0.118. The summed E-state index contributed by atoms with van der Waals surface area (Å²) in [5.41, 5.74) is 3.58. The highest BCUT2D eigenvalue weighted by Crippen LogP contribution is 2.39. The summed E-state index contributed by atoms with van der Waals surface area (Å²) in [4.78, 5) is 23.2. The van der Waals surface area contributed by atoms with Crippen molar-refractivity contribution in [3.05, 3.63) is 23.8 Å². The number of fused-ring (bicyclic) bond motifs is 1. The first-order valence-electron chi connectivity index (χ1n) is 5.93. The average Bonchev–Trinajstić information content (AvgIpc) is 2.77. The van der Waals surface area contributed by atoms with Crippen LogP contribution < -0.4 is 21.1 Å². The van der Waals surface area contributed by atoms with Gasteiger partial charge in [-0.05, 0) is 0 Å². The monoisotopic (exact) mass is 283 g/mol. The summed E-state index contributed by atoms with van der Waals surface area (Å²) in [6.07, 6.45) is 0.00569. The van der Waals surface area contributed by atoms with Crippen LogP contribution in [0, 0.1) is 11.6 Å². The molecule has 4 N–H and O–H groups in total. The number of ether oxygens (including phenoxy) is 1. The summed E-state index contributed by atoms with van der Waals surface area (Å²) in [7, 11) is 0. The summed E-state index contributed by atoms with van der Waals surface area (Å²) in [6.45, 7) is 0.0318. The second kappa shape index (κ2) is 4.14. The maximum absolute atomic E-state index is 13.6. The van der Waals surface area contributed by atoms with Crippen LogP contribution in [0.25, 0.3) is 0 Å². The molecule has 1 saturated heterocycles. The van der Waals surface area contributed by atoms with Crippen LogP contribution in [0.2, 0.25) is 0 Å². The lowest BCUT2D eigenvalue weighted by atomic mass is 9.96. The van der Waals surface area contributed by atoms with Gasteiger partial charge in [0, 0.05) is 25.1 Å². The smallest absolute Gasteiger partial charge is 0.270 e. The van der Waals surface area contributed by atoms with Crippen molar-refractivity contribution < 1.29 is 23.1 Å². The van der Waals surface area contributed by atoms with E-state index in [0.717, 1.165) is 6.07 Å². The van der Waals surface area contributed by atoms with Gasteiger partial charge in [0.05, 0.1) is 6.04 Å². The quantitative estimate of drug-likeness (QED) is 0.670. The number of anilines is 1. The van der Waals surface area contributed by atoms with Crippen molar-refractivity contribution in [3.8, 4) is 5.75 Å². The van der Waals surface area contributed by atoms with Crippen molar-refractivity contribution in [2.45, 2.75) is 18.1 Å². The molecule has 0 aromatic heterocycles.